The van der Waals surface area contributed by atoms with Gasteiger partial charge < -0.3 is 9.47 Å². The zero-order valence-electron chi connectivity index (χ0n) is 15.1. The Kier molecular flexibility index (Phi) is 10.8. The van der Waals surface area contributed by atoms with E-state index in [9.17, 15) is 9.59 Å². The fourth-order valence-electron chi connectivity index (χ4n) is 1.51. The summed E-state index contributed by atoms with van der Waals surface area (Å²) in [5.41, 5.74) is 6.02. The van der Waals surface area contributed by atoms with E-state index in [-0.39, 0.29) is 0 Å². The molecule has 0 heterocycles. The van der Waals surface area contributed by atoms with Crippen LogP contribution in [0, 0.1) is 0 Å². The molecular formula is C18H18Cl2N4O4. The summed E-state index contributed by atoms with van der Waals surface area (Å²) in [5, 5.41) is 8.61. The number of ether oxygens (including phenoxy) is 2. The van der Waals surface area contributed by atoms with Gasteiger partial charge in [0.1, 0.15) is 0 Å². The maximum atomic E-state index is 10.6. The number of nitrogens with one attached hydrogen (secondary N) is 2. The number of carbonyl (C=O) groups is 2. The number of halogens is 2. The van der Waals surface area contributed by atoms with Gasteiger partial charge in [-0.2, -0.15) is 10.2 Å². The van der Waals surface area contributed by atoms with Gasteiger partial charge >= 0.3 is 12.2 Å². The van der Waals surface area contributed by atoms with Crippen molar-refractivity contribution in [3.05, 3.63) is 69.7 Å². The highest BCUT2D eigenvalue weighted by Gasteiger charge is 1.94. The predicted octanol–water partition coefficient (Wildman–Crippen LogP) is 4.06. The van der Waals surface area contributed by atoms with E-state index in [0.29, 0.717) is 10.0 Å². The number of hydrogen-bond donors (Lipinski definition) is 2. The van der Waals surface area contributed by atoms with Crippen LogP contribution in [-0.4, -0.2) is 38.8 Å². The van der Waals surface area contributed by atoms with E-state index < -0.39 is 12.2 Å². The minimum atomic E-state index is -0.602. The Balaban J connectivity index is 0.000000280. The van der Waals surface area contributed by atoms with Gasteiger partial charge in [-0.05, 0) is 35.4 Å². The molecule has 0 fully saturated rings. The number of benzene rings is 2. The van der Waals surface area contributed by atoms with Crippen LogP contribution >= 0.6 is 23.2 Å². The molecule has 2 rings (SSSR count). The number of carbonyl (C=O) groups excluding carboxylic acids is 2. The van der Waals surface area contributed by atoms with Crippen molar-refractivity contribution < 1.29 is 19.1 Å². The normalized spacial score (nSPS) is 10.1. The van der Waals surface area contributed by atoms with Gasteiger partial charge in [0.15, 0.2) is 0 Å². The number of nitrogens with zero attached hydrogens (tertiary/aromatic N) is 2. The van der Waals surface area contributed by atoms with E-state index in [1.165, 1.54) is 26.6 Å². The third kappa shape index (κ3) is 10.1. The molecule has 148 valence electrons. The molecule has 0 radical (unpaired) electrons. The minimum absolute atomic E-state index is 0.602. The van der Waals surface area contributed by atoms with Gasteiger partial charge in [0.2, 0.25) is 0 Å². The fraction of sp³-hybridized carbons (Fsp3) is 0.111. The first kappa shape index (κ1) is 22.9. The van der Waals surface area contributed by atoms with Crippen LogP contribution in [0.15, 0.2) is 58.7 Å². The van der Waals surface area contributed by atoms with Gasteiger partial charge in [-0.15, -0.1) is 0 Å². The fourth-order valence-corrected chi connectivity index (χ4v) is 1.76. The maximum absolute atomic E-state index is 10.6. The van der Waals surface area contributed by atoms with Crippen molar-refractivity contribution in [2.75, 3.05) is 14.2 Å². The third-order valence-corrected chi connectivity index (χ3v) is 3.35. The number of hydrazone groups is 2. The van der Waals surface area contributed by atoms with Gasteiger partial charge in [0, 0.05) is 10.0 Å². The van der Waals surface area contributed by atoms with Gasteiger partial charge in [-0.25, -0.2) is 20.4 Å². The molecule has 2 N–H and O–H groups in total. The number of hydrogen-bond acceptors (Lipinski definition) is 6. The molecule has 0 spiro atoms. The van der Waals surface area contributed by atoms with Crippen LogP contribution in [0.4, 0.5) is 9.59 Å². The molecule has 0 aliphatic rings. The lowest BCUT2D eigenvalue weighted by atomic mass is 10.2. The van der Waals surface area contributed by atoms with Gasteiger partial charge in [-0.3, -0.25) is 0 Å². The number of amides is 2. The quantitative estimate of drug-likeness (QED) is 0.570. The first-order chi connectivity index (χ1) is 13.4. The second-order valence-corrected chi connectivity index (χ2v) is 5.70. The Hall–Kier alpha value is -3.10. The molecule has 0 unspecified atom stereocenters. The molecular weight excluding hydrogens is 407 g/mol. The summed E-state index contributed by atoms with van der Waals surface area (Å²) in [7, 11) is 2.54. The van der Waals surface area contributed by atoms with Gasteiger partial charge in [0.25, 0.3) is 0 Å². The van der Waals surface area contributed by atoms with Crippen LogP contribution in [0.1, 0.15) is 11.1 Å². The minimum Gasteiger partial charge on any atom is -0.452 e. The van der Waals surface area contributed by atoms with Crippen molar-refractivity contribution in [2.45, 2.75) is 0 Å². The van der Waals surface area contributed by atoms with Crippen LogP contribution in [0.3, 0.4) is 0 Å². The van der Waals surface area contributed by atoms with Crippen molar-refractivity contribution >= 4 is 47.8 Å². The SMILES string of the molecule is COC(=O)N/N=C/c1ccc(Cl)cc1.COC(=O)N/N=C/c1ccc(Cl)cc1. The summed E-state index contributed by atoms with van der Waals surface area (Å²) in [6.07, 6.45) is 1.78. The first-order valence-electron chi connectivity index (χ1n) is 7.69. The Morgan fingerprint density at radius 1 is 0.750 bits per heavy atom. The molecule has 0 bridgehead atoms. The largest absolute Gasteiger partial charge is 0.452 e. The zero-order valence-corrected chi connectivity index (χ0v) is 16.6. The summed E-state index contributed by atoms with van der Waals surface area (Å²) in [5.74, 6) is 0. The smallest absolute Gasteiger partial charge is 0.427 e. The van der Waals surface area contributed by atoms with Crippen molar-refractivity contribution in [2.24, 2.45) is 10.2 Å². The first-order valence-corrected chi connectivity index (χ1v) is 8.45. The summed E-state index contributed by atoms with van der Waals surface area (Å²) < 4.78 is 8.64. The second-order valence-electron chi connectivity index (χ2n) is 4.83. The van der Waals surface area contributed by atoms with Crippen molar-refractivity contribution in [1.29, 1.82) is 0 Å². The van der Waals surface area contributed by atoms with E-state index in [0.717, 1.165) is 11.1 Å². The standard InChI is InChI=1S/2C9H9ClN2O2/c2*1-14-9(13)12-11-6-7-2-4-8(10)5-3-7/h2*2-6H,1H3,(H,12,13)/b2*11-6+. The van der Waals surface area contributed by atoms with E-state index in [4.69, 9.17) is 23.2 Å². The summed E-state index contributed by atoms with van der Waals surface area (Å²) in [6, 6.07) is 14.1. The zero-order chi connectivity index (χ0) is 20.8. The molecule has 2 aromatic rings. The number of methoxy groups -OCH3 is 2. The average Bonchev–Trinajstić information content (AvgIpc) is 2.71. The lowest BCUT2D eigenvalue weighted by molar-refractivity contribution is 0.170. The molecule has 0 aliphatic carbocycles. The molecule has 0 atom stereocenters. The summed E-state index contributed by atoms with van der Waals surface area (Å²) in [4.78, 5) is 21.2. The molecule has 2 aromatic carbocycles. The Morgan fingerprint density at radius 3 is 1.36 bits per heavy atom. The molecule has 2 amide bonds. The van der Waals surface area contributed by atoms with Crippen LogP contribution < -0.4 is 10.9 Å². The van der Waals surface area contributed by atoms with Crippen LogP contribution in [0.2, 0.25) is 10.0 Å². The third-order valence-electron chi connectivity index (χ3n) is 2.85. The van der Waals surface area contributed by atoms with Crippen LogP contribution in [-0.2, 0) is 9.47 Å². The highest BCUT2D eigenvalue weighted by atomic mass is 35.5. The van der Waals surface area contributed by atoms with E-state index >= 15 is 0 Å². The molecule has 0 aromatic heterocycles. The predicted molar refractivity (Wildman–Crippen MR) is 109 cm³/mol. The summed E-state index contributed by atoms with van der Waals surface area (Å²) >= 11 is 11.4. The van der Waals surface area contributed by atoms with Gasteiger partial charge in [0.05, 0.1) is 26.6 Å². The molecule has 0 aliphatic heterocycles. The molecule has 10 heteroatoms. The monoisotopic (exact) mass is 424 g/mol. The van der Waals surface area contributed by atoms with Crippen molar-refractivity contribution in [3.63, 3.8) is 0 Å². The number of rotatable bonds is 4. The Bertz CT molecular complexity index is 740. The van der Waals surface area contributed by atoms with Crippen molar-refractivity contribution in [3.8, 4) is 0 Å². The van der Waals surface area contributed by atoms with Crippen LogP contribution in [0.5, 0.6) is 0 Å². The summed E-state index contributed by atoms with van der Waals surface area (Å²) in [6.45, 7) is 0. The van der Waals surface area contributed by atoms with Crippen LogP contribution in [0.25, 0.3) is 0 Å². The molecule has 0 saturated heterocycles. The van der Waals surface area contributed by atoms with E-state index in [1.54, 1.807) is 48.5 Å². The van der Waals surface area contributed by atoms with Crippen molar-refractivity contribution in [1.82, 2.24) is 10.9 Å². The Morgan fingerprint density at radius 2 is 1.07 bits per heavy atom. The molecule has 28 heavy (non-hydrogen) atoms. The lowest BCUT2D eigenvalue weighted by Gasteiger charge is -1.95. The topological polar surface area (TPSA) is 101 Å². The average molecular weight is 425 g/mol. The van der Waals surface area contributed by atoms with Gasteiger partial charge in [-0.1, -0.05) is 47.5 Å². The lowest BCUT2D eigenvalue weighted by Crippen LogP contribution is -2.16. The van der Waals surface area contributed by atoms with E-state index in [1.807, 2.05) is 0 Å². The second kappa shape index (κ2) is 13.1. The highest BCUT2D eigenvalue weighted by Crippen LogP contribution is 2.08. The molecule has 8 nitrogen and oxygen atoms in total. The maximum Gasteiger partial charge on any atom is 0.427 e. The molecule has 0 saturated carbocycles. The Labute approximate surface area is 172 Å². The van der Waals surface area contributed by atoms with E-state index in [2.05, 4.69) is 30.5 Å². The highest BCUT2D eigenvalue weighted by molar-refractivity contribution is 6.30.